The molecule has 0 atom stereocenters. The van der Waals surface area contributed by atoms with Gasteiger partial charge in [-0.05, 0) is 60.9 Å². The molecule has 1 heterocycles. The minimum atomic E-state index is -0.807. The Kier molecular flexibility index (Phi) is 5.45. The maximum Gasteiger partial charge on any atom is 0.335 e. The lowest BCUT2D eigenvalue weighted by Gasteiger charge is -2.26. The molecule has 2 aromatic rings. The van der Waals surface area contributed by atoms with Crippen molar-refractivity contribution >= 4 is 35.5 Å². The predicted octanol–water partition coefficient (Wildman–Crippen LogP) is 1.83. The van der Waals surface area contributed by atoms with Crippen LogP contribution in [0.2, 0.25) is 0 Å². The highest BCUT2D eigenvalue weighted by Crippen LogP contribution is 2.24. The third-order valence-corrected chi connectivity index (χ3v) is 4.40. The van der Waals surface area contributed by atoms with Crippen molar-refractivity contribution in [3.63, 3.8) is 0 Å². The number of urea groups is 1. The second-order valence-electron chi connectivity index (χ2n) is 6.55. The number of aryl methyl sites for hydroxylation is 2. The Hall–Kier alpha value is -3.94. The highest BCUT2D eigenvalue weighted by molar-refractivity contribution is 6.39. The molecule has 0 spiro atoms. The van der Waals surface area contributed by atoms with Crippen molar-refractivity contribution in [1.29, 1.82) is 0 Å². The van der Waals surface area contributed by atoms with Crippen LogP contribution in [0, 0.1) is 13.8 Å². The van der Waals surface area contributed by atoms with Crippen molar-refractivity contribution in [3.8, 4) is 5.75 Å². The summed E-state index contributed by atoms with van der Waals surface area (Å²) in [5, 5.41) is 2.18. The van der Waals surface area contributed by atoms with Gasteiger partial charge in [-0.15, -0.1) is 0 Å². The number of nitrogens with zero attached hydrogens (tertiary/aromatic N) is 1. The summed E-state index contributed by atoms with van der Waals surface area (Å²) in [5.74, 6) is -1.80. The Labute approximate surface area is 166 Å². The molecule has 0 bridgehead atoms. The van der Waals surface area contributed by atoms with Gasteiger partial charge in [-0.2, -0.15) is 0 Å². The number of carbonyl (C=O) groups excluding carboxylic acids is 4. The Morgan fingerprint density at radius 2 is 1.86 bits per heavy atom. The summed E-state index contributed by atoms with van der Waals surface area (Å²) in [6.07, 6.45) is 1.36. The summed E-state index contributed by atoms with van der Waals surface area (Å²) < 4.78 is 5.23. The third kappa shape index (κ3) is 4.32. The van der Waals surface area contributed by atoms with Gasteiger partial charge in [0.2, 0.25) is 0 Å². The number of imide groups is 2. The molecule has 0 radical (unpaired) electrons. The molecule has 29 heavy (non-hydrogen) atoms. The Morgan fingerprint density at radius 3 is 2.55 bits per heavy atom. The number of nitrogens with one attached hydrogen (secondary N) is 1. The van der Waals surface area contributed by atoms with E-state index in [0.29, 0.717) is 17.0 Å². The largest absolute Gasteiger partial charge is 0.484 e. The summed E-state index contributed by atoms with van der Waals surface area (Å²) in [6.45, 7) is 3.48. The molecular formula is C21H19N3O5. The average Bonchev–Trinajstić information content (AvgIpc) is 2.66. The van der Waals surface area contributed by atoms with Gasteiger partial charge in [0.25, 0.3) is 17.7 Å². The molecule has 3 rings (SSSR count). The Balaban J connectivity index is 1.94. The van der Waals surface area contributed by atoms with Gasteiger partial charge in [0.15, 0.2) is 6.61 Å². The molecule has 5 amide bonds. The maximum absolute atomic E-state index is 12.9. The van der Waals surface area contributed by atoms with E-state index in [0.717, 1.165) is 16.0 Å². The summed E-state index contributed by atoms with van der Waals surface area (Å²) in [4.78, 5) is 49.3. The standard InChI is InChI=1S/C21H19N3O5/c1-12-6-7-15(8-13(12)2)24-20(27)17(19(26)23-21(24)28)10-14-4-3-5-16(9-14)29-11-18(22)25/h3-10H,11H2,1-2H3,(H2,22,25)(H,23,26,28)/b17-10-. The van der Waals surface area contributed by atoms with E-state index in [9.17, 15) is 19.2 Å². The molecule has 1 aliphatic heterocycles. The quantitative estimate of drug-likeness (QED) is 0.593. The number of carbonyl (C=O) groups is 4. The van der Waals surface area contributed by atoms with Gasteiger partial charge >= 0.3 is 6.03 Å². The van der Waals surface area contributed by atoms with Gasteiger partial charge in [-0.3, -0.25) is 19.7 Å². The zero-order valence-electron chi connectivity index (χ0n) is 15.9. The maximum atomic E-state index is 12.9. The number of nitrogens with two attached hydrogens (primary N) is 1. The fourth-order valence-corrected chi connectivity index (χ4v) is 2.77. The van der Waals surface area contributed by atoms with Gasteiger partial charge in [-0.25, -0.2) is 9.69 Å². The second kappa shape index (κ2) is 7.97. The van der Waals surface area contributed by atoms with E-state index < -0.39 is 23.8 Å². The Morgan fingerprint density at radius 1 is 1.10 bits per heavy atom. The first-order chi connectivity index (χ1) is 13.8. The number of ether oxygens (including phenoxy) is 1. The van der Waals surface area contributed by atoms with Crippen LogP contribution in [-0.4, -0.2) is 30.4 Å². The van der Waals surface area contributed by atoms with E-state index in [4.69, 9.17) is 10.5 Å². The first-order valence-electron chi connectivity index (χ1n) is 8.76. The van der Waals surface area contributed by atoms with E-state index in [-0.39, 0.29) is 12.2 Å². The summed E-state index contributed by atoms with van der Waals surface area (Å²) in [6, 6.07) is 10.8. The van der Waals surface area contributed by atoms with Crippen molar-refractivity contribution in [2.24, 2.45) is 5.73 Å². The smallest absolute Gasteiger partial charge is 0.335 e. The molecule has 8 heteroatoms. The van der Waals surface area contributed by atoms with E-state index in [2.05, 4.69) is 5.32 Å². The first kappa shape index (κ1) is 19.8. The van der Waals surface area contributed by atoms with E-state index >= 15 is 0 Å². The normalized spacial score (nSPS) is 15.4. The number of hydrogen-bond donors (Lipinski definition) is 2. The monoisotopic (exact) mass is 393 g/mol. The van der Waals surface area contributed by atoms with Crippen LogP contribution in [0.3, 0.4) is 0 Å². The van der Waals surface area contributed by atoms with Gasteiger partial charge in [-0.1, -0.05) is 18.2 Å². The molecule has 0 aliphatic carbocycles. The SMILES string of the molecule is Cc1ccc(N2C(=O)NC(=O)/C(=C/c3cccc(OCC(N)=O)c3)C2=O)cc1C. The van der Waals surface area contributed by atoms with Crippen LogP contribution in [0.25, 0.3) is 6.08 Å². The topological polar surface area (TPSA) is 119 Å². The highest BCUT2D eigenvalue weighted by atomic mass is 16.5. The molecule has 0 aromatic heterocycles. The lowest BCUT2D eigenvalue weighted by atomic mass is 10.0. The number of hydrogen-bond acceptors (Lipinski definition) is 5. The van der Waals surface area contributed by atoms with Crippen molar-refractivity contribution in [2.75, 3.05) is 11.5 Å². The van der Waals surface area contributed by atoms with Gasteiger partial charge < -0.3 is 10.5 Å². The van der Waals surface area contributed by atoms with Crippen LogP contribution in [0.5, 0.6) is 5.75 Å². The minimum Gasteiger partial charge on any atom is -0.484 e. The minimum absolute atomic E-state index is 0.199. The van der Waals surface area contributed by atoms with Crippen LogP contribution >= 0.6 is 0 Å². The lowest BCUT2D eigenvalue weighted by Crippen LogP contribution is -2.54. The number of anilines is 1. The molecule has 8 nitrogen and oxygen atoms in total. The first-order valence-corrected chi connectivity index (χ1v) is 8.76. The van der Waals surface area contributed by atoms with Gasteiger partial charge in [0.05, 0.1) is 5.69 Å². The van der Waals surface area contributed by atoms with Crippen molar-refractivity contribution in [2.45, 2.75) is 13.8 Å². The number of rotatable bonds is 5. The van der Waals surface area contributed by atoms with Crippen LogP contribution < -0.4 is 20.7 Å². The fourth-order valence-electron chi connectivity index (χ4n) is 2.77. The van der Waals surface area contributed by atoms with Gasteiger partial charge in [0.1, 0.15) is 11.3 Å². The van der Waals surface area contributed by atoms with E-state index in [1.165, 1.54) is 6.08 Å². The van der Waals surface area contributed by atoms with Crippen molar-refractivity contribution < 1.29 is 23.9 Å². The lowest BCUT2D eigenvalue weighted by molar-refractivity contribution is -0.123. The zero-order valence-corrected chi connectivity index (χ0v) is 15.9. The molecule has 1 aliphatic rings. The van der Waals surface area contributed by atoms with Crippen LogP contribution in [0.15, 0.2) is 48.0 Å². The van der Waals surface area contributed by atoms with Crippen molar-refractivity contribution in [3.05, 3.63) is 64.7 Å². The van der Waals surface area contributed by atoms with E-state index in [1.54, 1.807) is 42.5 Å². The number of amides is 5. The predicted molar refractivity (Wildman–Crippen MR) is 106 cm³/mol. The summed E-state index contributed by atoms with van der Waals surface area (Å²) >= 11 is 0. The molecule has 1 fully saturated rings. The van der Waals surface area contributed by atoms with Crippen LogP contribution in [0.4, 0.5) is 10.5 Å². The number of barbiturate groups is 1. The van der Waals surface area contributed by atoms with Gasteiger partial charge in [0, 0.05) is 0 Å². The van der Waals surface area contributed by atoms with Crippen LogP contribution in [0.1, 0.15) is 16.7 Å². The molecule has 2 aromatic carbocycles. The van der Waals surface area contributed by atoms with Crippen molar-refractivity contribution in [1.82, 2.24) is 5.32 Å². The second-order valence-corrected chi connectivity index (χ2v) is 6.55. The van der Waals surface area contributed by atoms with E-state index in [1.807, 2.05) is 13.8 Å². The highest BCUT2D eigenvalue weighted by Gasteiger charge is 2.36. The molecular weight excluding hydrogens is 374 g/mol. The third-order valence-electron chi connectivity index (χ3n) is 4.40. The Bertz CT molecular complexity index is 1060. The van der Waals surface area contributed by atoms with Crippen LogP contribution in [-0.2, 0) is 14.4 Å². The average molecular weight is 393 g/mol. The zero-order chi connectivity index (χ0) is 21.1. The number of primary amides is 1. The molecule has 148 valence electrons. The summed E-state index contributed by atoms with van der Waals surface area (Å²) in [7, 11) is 0. The molecule has 3 N–H and O–H groups in total. The molecule has 0 unspecified atom stereocenters. The number of benzene rings is 2. The summed E-state index contributed by atoms with van der Waals surface area (Å²) in [5.41, 5.74) is 7.63. The fraction of sp³-hybridized carbons (Fsp3) is 0.143. The molecule has 0 saturated carbocycles. The molecule has 1 saturated heterocycles.